The second-order valence-corrected chi connectivity index (χ2v) is 6.24. The molecule has 0 N–H and O–H groups in total. The Labute approximate surface area is 144 Å². The number of rotatable bonds is 3. The number of nitro benzene ring substituents is 1. The molecule has 2 aromatic carbocycles. The molecular weight excluding hydrogens is 340 g/mol. The maximum atomic E-state index is 12.5. The average molecular weight is 350 g/mol. The number of nitro groups is 1. The number of thiazole rings is 1. The molecule has 0 aliphatic heterocycles. The molecule has 0 radical (unpaired) electrons. The Morgan fingerprint density at radius 2 is 1.80 bits per heavy atom. The maximum Gasteiger partial charge on any atom is 0.291 e. The highest BCUT2D eigenvalue weighted by Gasteiger charge is 2.14. The summed E-state index contributed by atoms with van der Waals surface area (Å²) >= 11 is 1.15. The molecule has 0 spiro atoms. The lowest BCUT2D eigenvalue weighted by atomic mass is 10.2. The molecule has 0 saturated heterocycles. The smallest absolute Gasteiger partial charge is 0.266 e. The monoisotopic (exact) mass is 350 g/mol. The summed E-state index contributed by atoms with van der Waals surface area (Å²) in [6, 6.07) is 15.6. The van der Waals surface area contributed by atoms with Gasteiger partial charge in [-0.3, -0.25) is 14.9 Å². The van der Waals surface area contributed by atoms with Crippen LogP contribution in [0.3, 0.4) is 0 Å². The fraction of sp³-hybridized carbons (Fsp3) is 0. The highest BCUT2D eigenvalue weighted by Crippen LogP contribution is 2.19. The fourth-order valence-corrected chi connectivity index (χ4v) is 3.36. The van der Waals surface area contributed by atoms with Gasteiger partial charge in [-0.1, -0.05) is 53.8 Å². The topological polar surface area (TPSA) is 90.4 Å². The van der Waals surface area contributed by atoms with Crippen molar-refractivity contribution in [1.82, 2.24) is 14.6 Å². The molecule has 2 heterocycles. The number of hydrogen-bond donors (Lipinski definition) is 0. The van der Waals surface area contributed by atoms with Crippen molar-refractivity contribution in [2.24, 2.45) is 0 Å². The third kappa shape index (κ3) is 2.68. The minimum Gasteiger partial charge on any atom is -0.266 e. The van der Waals surface area contributed by atoms with Crippen molar-refractivity contribution in [3.05, 3.63) is 85.2 Å². The molecule has 0 bridgehead atoms. The van der Waals surface area contributed by atoms with E-state index in [-0.39, 0.29) is 11.2 Å². The summed E-state index contributed by atoms with van der Waals surface area (Å²) in [5, 5.41) is 15.4. The van der Waals surface area contributed by atoms with Crippen molar-refractivity contribution in [3.63, 3.8) is 0 Å². The van der Waals surface area contributed by atoms with Gasteiger partial charge in [0, 0.05) is 11.6 Å². The van der Waals surface area contributed by atoms with E-state index < -0.39 is 4.92 Å². The Hall–Kier alpha value is -3.39. The zero-order valence-corrected chi connectivity index (χ0v) is 13.5. The van der Waals surface area contributed by atoms with Gasteiger partial charge in [-0.05, 0) is 12.1 Å². The van der Waals surface area contributed by atoms with Crippen molar-refractivity contribution in [1.29, 1.82) is 0 Å². The number of para-hydroxylation sites is 1. The summed E-state index contributed by atoms with van der Waals surface area (Å²) in [7, 11) is 0. The van der Waals surface area contributed by atoms with E-state index in [0.29, 0.717) is 20.9 Å². The van der Waals surface area contributed by atoms with Gasteiger partial charge in [0.25, 0.3) is 11.2 Å². The molecule has 4 rings (SSSR count). The highest BCUT2D eigenvalue weighted by atomic mass is 32.1. The Morgan fingerprint density at radius 1 is 1.08 bits per heavy atom. The lowest BCUT2D eigenvalue weighted by Gasteiger charge is -1.94. The zero-order valence-electron chi connectivity index (χ0n) is 12.7. The van der Waals surface area contributed by atoms with Crippen molar-refractivity contribution in [2.45, 2.75) is 0 Å². The van der Waals surface area contributed by atoms with Crippen molar-refractivity contribution < 1.29 is 4.92 Å². The summed E-state index contributed by atoms with van der Waals surface area (Å²) in [5.41, 5.74) is 0.804. The van der Waals surface area contributed by atoms with Gasteiger partial charge in [-0.2, -0.15) is 9.50 Å². The van der Waals surface area contributed by atoms with E-state index >= 15 is 0 Å². The summed E-state index contributed by atoms with van der Waals surface area (Å²) < 4.78 is 1.58. The van der Waals surface area contributed by atoms with Crippen molar-refractivity contribution >= 4 is 28.1 Å². The van der Waals surface area contributed by atoms with E-state index in [1.807, 2.05) is 30.3 Å². The van der Waals surface area contributed by atoms with E-state index in [2.05, 4.69) is 10.1 Å². The van der Waals surface area contributed by atoms with Gasteiger partial charge < -0.3 is 0 Å². The van der Waals surface area contributed by atoms with E-state index in [4.69, 9.17) is 0 Å². The molecule has 122 valence electrons. The van der Waals surface area contributed by atoms with E-state index in [1.54, 1.807) is 18.2 Å². The van der Waals surface area contributed by atoms with Gasteiger partial charge in [0.1, 0.15) is 0 Å². The number of aromatic nitrogens is 3. The third-order valence-electron chi connectivity index (χ3n) is 3.63. The zero-order chi connectivity index (χ0) is 17.4. The predicted molar refractivity (Wildman–Crippen MR) is 94.5 cm³/mol. The van der Waals surface area contributed by atoms with Gasteiger partial charge in [0.05, 0.1) is 15.0 Å². The highest BCUT2D eigenvalue weighted by molar-refractivity contribution is 7.15. The first kappa shape index (κ1) is 15.2. The molecule has 0 atom stereocenters. The number of nitrogens with zero attached hydrogens (tertiary/aromatic N) is 4. The first-order valence-electron chi connectivity index (χ1n) is 7.33. The summed E-state index contributed by atoms with van der Waals surface area (Å²) in [6.07, 6.45) is 1.50. The van der Waals surface area contributed by atoms with Crippen molar-refractivity contribution in [2.75, 3.05) is 0 Å². The van der Waals surface area contributed by atoms with Gasteiger partial charge in [-0.15, -0.1) is 5.10 Å². The number of benzene rings is 2. The van der Waals surface area contributed by atoms with Crippen LogP contribution >= 0.6 is 11.3 Å². The first-order chi connectivity index (χ1) is 12.1. The fourth-order valence-electron chi connectivity index (χ4n) is 2.46. The van der Waals surface area contributed by atoms with Gasteiger partial charge in [0.2, 0.25) is 4.96 Å². The molecule has 0 fully saturated rings. The second kappa shape index (κ2) is 5.91. The molecule has 0 unspecified atom stereocenters. The van der Waals surface area contributed by atoms with Crippen LogP contribution in [0.1, 0.15) is 5.56 Å². The number of hydrogen-bond acceptors (Lipinski definition) is 6. The molecule has 0 saturated carbocycles. The molecule has 2 aromatic heterocycles. The SMILES string of the molecule is O=c1c(=Cc2ccccc2[N+](=O)[O-])sc2nc(-c3ccccc3)nn12. The van der Waals surface area contributed by atoms with Crippen LogP contribution in [-0.4, -0.2) is 19.5 Å². The molecular formula is C17H10N4O3S. The van der Waals surface area contributed by atoms with Crippen molar-refractivity contribution in [3.8, 4) is 11.4 Å². The summed E-state index contributed by atoms with van der Waals surface area (Å²) in [5.74, 6) is 0.473. The largest absolute Gasteiger partial charge is 0.291 e. The summed E-state index contributed by atoms with van der Waals surface area (Å²) in [4.78, 5) is 28.0. The maximum absolute atomic E-state index is 12.5. The lowest BCUT2D eigenvalue weighted by Crippen LogP contribution is -2.23. The van der Waals surface area contributed by atoms with Gasteiger partial charge in [-0.25, -0.2) is 0 Å². The minimum absolute atomic E-state index is 0.0501. The van der Waals surface area contributed by atoms with Crippen LogP contribution in [0, 0.1) is 10.1 Å². The van der Waals surface area contributed by atoms with E-state index in [9.17, 15) is 14.9 Å². The lowest BCUT2D eigenvalue weighted by molar-refractivity contribution is -0.385. The molecule has 0 aliphatic carbocycles. The Bertz CT molecular complexity index is 1200. The quantitative estimate of drug-likeness (QED) is 0.418. The normalized spacial score (nSPS) is 11.9. The molecule has 7 nitrogen and oxygen atoms in total. The number of fused-ring (bicyclic) bond motifs is 1. The van der Waals surface area contributed by atoms with Crippen LogP contribution in [0.4, 0.5) is 5.69 Å². The van der Waals surface area contributed by atoms with Crippen LogP contribution < -0.4 is 10.1 Å². The van der Waals surface area contributed by atoms with E-state index in [0.717, 1.165) is 16.9 Å². The standard InChI is InChI=1S/C17H10N4O3S/c22-16-14(10-12-8-4-5-9-13(12)21(23)24)25-17-18-15(19-20(16)17)11-6-2-1-3-7-11/h1-10H. The molecule has 0 aliphatic rings. The van der Waals surface area contributed by atoms with Crippen LogP contribution in [0.15, 0.2) is 59.4 Å². The van der Waals surface area contributed by atoms with Crippen LogP contribution in [0.5, 0.6) is 0 Å². The Balaban J connectivity index is 1.86. The minimum atomic E-state index is -0.471. The van der Waals surface area contributed by atoms with Crippen LogP contribution in [-0.2, 0) is 0 Å². The molecule has 8 heteroatoms. The first-order valence-corrected chi connectivity index (χ1v) is 8.15. The third-order valence-corrected chi connectivity index (χ3v) is 4.59. The molecule has 0 amide bonds. The van der Waals surface area contributed by atoms with Gasteiger partial charge in [0.15, 0.2) is 5.82 Å². The summed E-state index contributed by atoms with van der Waals surface area (Å²) in [6.45, 7) is 0. The van der Waals surface area contributed by atoms with E-state index in [1.165, 1.54) is 16.7 Å². The average Bonchev–Trinajstić information content (AvgIpc) is 3.16. The second-order valence-electron chi connectivity index (χ2n) is 5.23. The van der Waals surface area contributed by atoms with Crippen LogP contribution in [0.25, 0.3) is 22.4 Å². The predicted octanol–water partition coefficient (Wildman–Crippen LogP) is 2.27. The van der Waals surface area contributed by atoms with Crippen LogP contribution in [0.2, 0.25) is 0 Å². The van der Waals surface area contributed by atoms with Gasteiger partial charge >= 0.3 is 0 Å². The Kier molecular flexibility index (Phi) is 3.58. The molecule has 25 heavy (non-hydrogen) atoms. The Morgan fingerprint density at radius 3 is 2.52 bits per heavy atom. The molecule has 4 aromatic rings.